The smallest absolute Gasteiger partial charge is 0.251 e. The fourth-order valence-electron chi connectivity index (χ4n) is 1.76. The first-order chi connectivity index (χ1) is 9.56. The van der Waals surface area contributed by atoms with Gasteiger partial charge in [0, 0.05) is 23.3 Å². The van der Waals surface area contributed by atoms with Crippen LogP contribution >= 0.6 is 15.9 Å². The molecule has 2 rings (SSSR count). The maximum atomic E-state index is 11.7. The van der Waals surface area contributed by atoms with E-state index in [2.05, 4.69) is 50.0 Å². The lowest BCUT2D eigenvalue weighted by Crippen LogP contribution is -2.21. The highest BCUT2D eigenvalue weighted by Gasteiger charge is 2.08. The van der Waals surface area contributed by atoms with Gasteiger partial charge in [-0.15, -0.1) is 0 Å². The lowest BCUT2D eigenvalue weighted by Gasteiger charge is -2.08. The Balaban J connectivity index is 2.25. The van der Waals surface area contributed by atoms with E-state index in [0.717, 1.165) is 11.0 Å². The Labute approximate surface area is 126 Å². The topological polar surface area (TPSA) is 70.7 Å². The molecule has 2 heterocycles. The minimum atomic E-state index is -0.172. The number of aromatic nitrogens is 3. The monoisotopic (exact) mass is 336 g/mol. The van der Waals surface area contributed by atoms with Crippen LogP contribution < -0.4 is 10.9 Å². The first-order valence-corrected chi connectivity index (χ1v) is 7.27. The van der Waals surface area contributed by atoms with Crippen LogP contribution in [0, 0.1) is 5.92 Å². The summed E-state index contributed by atoms with van der Waals surface area (Å²) in [7, 11) is 0. The fourth-order valence-corrected chi connectivity index (χ4v) is 2.20. The normalized spacial score (nSPS) is 11.0. The van der Waals surface area contributed by atoms with Crippen molar-refractivity contribution in [3.8, 4) is 11.5 Å². The molecule has 0 bridgehead atoms. The predicted octanol–water partition coefficient (Wildman–Crippen LogP) is 2.34. The third kappa shape index (κ3) is 3.98. The maximum Gasteiger partial charge on any atom is 0.251 e. The van der Waals surface area contributed by atoms with E-state index in [4.69, 9.17) is 0 Å². The first kappa shape index (κ1) is 14.9. The first-order valence-electron chi connectivity index (χ1n) is 6.48. The van der Waals surface area contributed by atoms with Crippen molar-refractivity contribution in [3.63, 3.8) is 0 Å². The molecule has 5 nitrogen and oxygen atoms in total. The SMILES string of the molecule is CC(C)CNCc1cc(=O)[nH]c(-c2ncccc2Br)n1. The van der Waals surface area contributed by atoms with Crippen molar-refractivity contribution in [1.82, 2.24) is 20.3 Å². The molecule has 0 spiro atoms. The van der Waals surface area contributed by atoms with Gasteiger partial charge in [0.1, 0.15) is 5.69 Å². The molecule has 0 aliphatic heterocycles. The number of nitrogens with one attached hydrogen (secondary N) is 2. The lowest BCUT2D eigenvalue weighted by molar-refractivity contribution is 0.548. The molecule has 0 atom stereocenters. The molecule has 0 aliphatic carbocycles. The molecule has 2 aromatic heterocycles. The number of rotatable bonds is 5. The summed E-state index contributed by atoms with van der Waals surface area (Å²) in [6.07, 6.45) is 1.67. The molecule has 0 saturated heterocycles. The summed E-state index contributed by atoms with van der Waals surface area (Å²) >= 11 is 3.41. The van der Waals surface area contributed by atoms with E-state index in [1.165, 1.54) is 6.07 Å². The maximum absolute atomic E-state index is 11.7. The number of halogens is 1. The molecular formula is C14H17BrN4O. The van der Waals surface area contributed by atoms with Gasteiger partial charge in [0.25, 0.3) is 5.56 Å². The Hall–Kier alpha value is -1.53. The van der Waals surface area contributed by atoms with Crippen molar-refractivity contribution in [1.29, 1.82) is 0 Å². The van der Waals surface area contributed by atoms with Gasteiger partial charge < -0.3 is 10.3 Å². The van der Waals surface area contributed by atoms with E-state index < -0.39 is 0 Å². The fraction of sp³-hybridized carbons (Fsp3) is 0.357. The van der Waals surface area contributed by atoms with Crippen LogP contribution in [0.2, 0.25) is 0 Å². The average Bonchev–Trinajstić information content (AvgIpc) is 2.38. The van der Waals surface area contributed by atoms with Crippen LogP contribution in [0.15, 0.2) is 33.7 Å². The minimum absolute atomic E-state index is 0.172. The molecule has 2 aromatic rings. The van der Waals surface area contributed by atoms with Crippen LogP contribution in [0.1, 0.15) is 19.5 Å². The molecule has 0 unspecified atom stereocenters. The zero-order valence-electron chi connectivity index (χ0n) is 11.5. The van der Waals surface area contributed by atoms with Crippen LogP contribution in [-0.4, -0.2) is 21.5 Å². The summed E-state index contributed by atoms with van der Waals surface area (Å²) in [4.78, 5) is 23.1. The zero-order valence-corrected chi connectivity index (χ0v) is 13.1. The van der Waals surface area contributed by atoms with Gasteiger partial charge in [0.15, 0.2) is 5.82 Å². The van der Waals surface area contributed by atoms with Crippen molar-refractivity contribution in [2.24, 2.45) is 5.92 Å². The summed E-state index contributed by atoms with van der Waals surface area (Å²) in [5.41, 5.74) is 1.17. The van der Waals surface area contributed by atoms with E-state index in [1.807, 2.05) is 12.1 Å². The third-order valence-corrected chi connectivity index (χ3v) is 3.28. The quantitative estimate of drug-likeness (QED) is 0.879. The van der Waals surface area contributed by atoms with Crippen LogP contribution in [-0.2, 0) is 6.54 Å². The average molecular weight is 337 g/mol. The van der Waals surface area contributed by atoms with Crippen molar-refractivity contribution in [2.75, 3.05) is 6.54 Å². The highest BCUT2D eigenvalue weighted by atomic mass is 79.9. The van der Waals surface area contributed by atoms with Gasteiger partial charge in [-0.2, -0.15) is 0 Å². The van der Waals surface area contributed by atoms with Crippen molar-refractivity contribution < 1.29 is 0 Å². The molecule has 0 aliphatic rings. The second kappa shape index (κ2) is 6.76. The molecular weight excluding hydrogens is 320 g/mol. The van der Waals surface area contributed by atoms with Gasteiger partial charge >= 0.3 is 0 Å². The molecule has 0 saturated carbocycles. The molecule has 2 N–H and O–H groups in total. The largest absolute Gasteiger partial charge is 0.311 e. The minimum Gasteiger partial charge on any atom is -0.311 e. The van der Waals surface area contributed by atoms with Gasteiger partial charge in [0.05, 0.1) is 5.69 Å². The molecule has 6 heteroatoms. The number of hydrogen-bond acceptors (Lipinski definition) is 4. The number of aromatic amines is 1. The van der Waals surface area contributed by atoms with Gasteiger partial charge in [-0.25, -0.2) is 4.98 Å². The van der Waals surface area contributed by atoms with Crippen LogP contribution in [0.5, 0.6) is 0 Å². The van der Waals surface area contributed by atoms with Gasteiger partial charge in [-0.1, -0.05) is 13.8 Å². The summed E-state index contributed by atoms with van der Waals surface area (Å²) in [6.45, 7) is 5.72. The second-order valence-corrected chi connectivity index (χ2v) is 5.80. The van der Waals surface area contributed by atoms with Crippen LogP contribution in [0.25, 0.3) is 11.5 Å². The van der Waals surface area contributed by atoms with E-state index in [1.54, 1.807) is 6.20 Å². The summed E-state index contributed by atoms with van der Waals surface area (Å²) in [6, 6.07) is 5.19. The Morgan fingerprint density at radius 3 is 2.95 bits per heavy atom. The molecule has 0 fully saturated rings. The van der Waals surface area contributed by atoms with Gasteiger partial charge in [0.2, 0.25) is 0 Å². The number of pyridine rings is 1. The third-order valence-electron chi connectivity index (χ3n) is 2.64. The number of hydrogen-bond donors (Lipinski definition) is 2. The Bertz CT molecular complexity index is 639. The van der Waals surface area contributed by atoms with E-state index in [0.29, 0.717) is 29.7 Å². The molecule has 106 valence electrons. The summed E-state index contributed by atoms with van der Waals surface area (Å²) < 4.78 is 0.801. The molecule has 0 radical (unpaired) electrons. The zero-order chi connectivity index (χ0) is 14.5. The lowest BCUT2D eigenvalue weighted by atomic mass is 10.2. The second-order valence-electron chi connectivity index (χ2n) is 4.94. The van der Waals surface area contributed by atoms with Crippen LogP contribution in [0.4, 0.5) is 0 Å². The van der Waals surface area contributed by atoms with E-state index >= 15 is 0 Å². The van der Waals surface area contributed by atoms with Crippen molar-refractivity contribution in [2.45, 2.75) is 20.4 Å². The van der Waals surface area contributed by atoms with Crippen molar-refractivity contribution in [3.05, 3.63) is 44.9 Å². The molecule has 0 amide bonds. The summed E-state index contributed by atoms with van der Waals surface area (Å²) in [5, 5.41) is 3.27. The standard InChI is InChI=1S/C14H17BrN4O/c1-9(2)7-16-8-10-6-12(20)19-14(18-10)13-11(15)4-3-5-17-13/h3-6,9,16H,7-8H2,1-2H3,(H,18,19,20). The van der Waals surface area contributed by atoms with E-state index in [-0.39, 0.29) is 5.56 Å². The van der Waals surface area contributed by atoms with Gasteiger partial charge in [-0.05, 0) is 40.5 Å². The molecule has 0 aromatic carbocycles. The van der Waals surface area contributed by atoms with Crippen molar-refractivity contribution >= 4 is 15.9 Å². The number of nitrogens with zero attached hydrogens (tertiary/aromatic N) is 2. The highest BCUT2D eigenvalue weighted by molar-refractivity contribution is 9.10. The van der Waals surface area contributed by atoms with E-state index in [9.17, 15) is 4.79 Å². The van der Waals surface area contributed by atoms with Crippen LogP contribution in [0.3, 0.4) is 0 Å². The predicted molar refractivity (Wildman–Crippen MR) is 82.3 cm³/mol. The number of H-pyrrole nitrogens is 1. The molecule has 20 heavy (non-hydrogen) atoms. The highest BCUT2D eigenvalue weighted by Crippen LogP contribution is 2.21. The summed E-state index contributed by atoms with van der Waals surface area (Å²) in [5.74, 6) is 1.03. The Kier molecular flexibility index (Phi) is 5.03. The Morgan fingerprint density at radius 2 is 2.25 bits per heavy atom. The Morgan fingerprint density at radius 1 is 1.45 bits per heavy atom. The van der Waals surface area contributed by atoms with Gasteiger partial charge in [-0.3, -0.25) is 9.78 Å².